The molecule has 132 valence electrons. The third-order valence-electron chi connectivity index (χ3n) is 4.09. The Balaban J connectivity index is 1.88. The van der Waals surface area contributed by atoms with Gasteiger partial charge in [0.25, 0.3) is 0 Å². The highest BCUT2D eigenvalue weighted by molar-refractivity contribution is 5.98. The van der Waals surface area contributed by atoms with E-state index in [0.29, 0.717) is 30.2 Å². The predicted molar refractivity (Wildman–Crippen MR) is 85.0 cm³/mol. The van der Waals surface area contributed by atoms with Crippen molar-refractivity contribution in [2.24, 2.45) is 0 Å². The molecule has 1 aromatic heterocycles. The molecule has 0 saturated heterocycles. The summed E-state index contributed by atoms with van der Waals surface area (Å²) in [5.41, 5.74) is 0.418. The number of carbonyl (C=O) groups excluding carboxylic acids is 1. The van der Waals surface area contributed by atoms with E-state index in [4.69, 9.17) is 0 Å². The number of nitrogens with zero attached hydrogens (tertiary/aromatic N) is 3. The van der Waals surface area contributed by atoms with E-state index in [0.717, 1.165) is 18.3 Å². The van der Waals surface area contributed by atoms with Crippen LogP contribution < -0.4 is 9.80 Å². The van der Waals surface area contributed by atoms with Crippen LogP contribution in [-0.2, 0) is 17.4 Å². The molecule has 0 radical (unpaired) electrons. The van der Waals surface area contributed by atoms with Gasteiger partial charge in [-0.3, -0.25) is 9.78 Å². The van der Waals surface area contributed by atoms with Gasteiger partial charge in [0.05, 0.1) is 29.6 Å². The van der Waals surface area contributed by atoms with E-state index in [1.54, 1.807) is 11.9 Å². The number of halogens is 4. The Kier molecular flexibility index (Phi) is 4.36. The van der Waals surface area contributed by atoms with Crippen LogP contribution >= 0.6 is 0 Å². The number of rotatable bonds is 2. The maximum Gasteiger partial charge on any atom is 0.416 e. The maximum absolute atomic E-state index is 12.9. The number of carbonyl (C=O) groups is 1. The summed E-state index contributed by atoms with van der Waals surface area (Å²) >= 11 is 0. The number of amides is 1. The minimum Gasteiger partial charge on any atom is -0.371 e. The van der Waals surface area contributed by atoms with Crippen molar-refractivity contribution in [3.63, 3.8) is 0 Å². The van der Waals surface area contributed by atoms with Gasteiger partial charge >= 0.3 is 6.18 Å². The number of fused-ring (bicyclic) bond motifs is 1. The van der Waals surface area contributed by atoms with Crippen molar-refractivity contribution in [3.05, 3.63) is 53.6 Å². The first-order valence-electron chi connectivity index (χ1n) is 7.59. The van der Waals surface area contributed by atoms with E-state index < -0.39 is 17.6 Å². The molecular weight excluding hydrogens is 338 g/mol. The lowest BCUT2D eigenvalue weighted by Crippen LogP contribution is -2.43. The van der Waals surface area contributed by atoms with Crippen LogP contribution in [0, 0.1) is 5.82 Å². The normalized spacial score (nSPS) is 14.4. The molecule has 25 heavy (non-hydrogen) atoms. The number of pyridine rings is 1. The van der Waals surface area contributed by atoms with E-state index in [1.165, 1.54) is 23.1 Å². The third kappa shape index (κ3) is 3.57. The molecule has 2 aromatic rings. The number of anilines is 2. The average Bonchev–Trinajstić information content (AvgIpc) is 2.56. The summed E-state index contributed by atoms with van der Waals surface area (Å²) in [6.45, 7) is 0.770. The predicted octanol–water partition coefficient (Wildman–Crippen LogP) is 3.27. The van der Waals surface area contributed by atoms with Crippen LogP contribution in [0.2, 0.25) is 0 Å². The molecule has 0 spiro atoms. The topological polar surface area (TPSA) is 36.4 Å². The summed E-state index contributed by atoms with van der Waals surface area (Å²) < 4.78 is 51.7. The summed E-state index contributed by atoms with van der Waals surface area (Å²) in [6, 6.07) is 5.95. The number of hydrogen-bond acceptors (Lipinski definition) is 3. The second-order valence-corrected chi connectivity index (χ2v) is 5.81. The summed E-state index contributed by atoms with van der Waals surface area (Å²) in [6.07, 6.45) is -3.47. The van der Waals surface area contributed by atoms with Gasteiger partial charge in [-0.05, 0) is 30.3 Å². The molecule has 2 heterocycles. The smallest absolute Gasteiger partial charge is 0.371 e. The zero-order chi connectivity index (χ0) is 18.2. The Hall–Kier alpha value is -2.64. The summed E-state index contributed by atoms with van der Waals surface area (Å²) in [5.74, 6) is -0.797. The molecular formula is C17H15F4N3O. The van der Waals surface area contributed by atoms with E-state index in [-0.39, 0.29) is 12.3 Å². The quantitative estimate of drug-likeness (QED) is 0.778. The molecule has 0 fully saturated rings. The Morgan fingerprint density at radius 1 is 1.16 bits per heavy atom. The molecule has 1 aromatic carbocycles. The fourth-order valence-corrected chi connectivity index (χ4v) is 2.75. The van der Waals surface area contributed by atoms with Crippen LogP contribution in [0.25, 0.3) is 0 Å². The lowest BCUT2D eigenvalue weighted by molar-refractivity contribution is -0.137. The number of benzene rings is 1. The minimum atomic E-state index is -4.44. The van der Waals surface area contributed by atoms with Crippen LogP contribution in [0.3, 0.4) is 0 Å². The van der Waals surface area contributed by atoms with Gasteiger partial charge in [-0.15, -0.1) is 0 Å². The first kappa shape index (κ1) is 17.2. The van der Waals surface area contributed by atoms with Gasteiger partial charge in [0.1, 0.15) is 5.82 Å². The molecule has 0 unspecified atom stereocenters. The molecule has 0 aliphatic carbocycles. The SMILES string of the molecule is CN1CCN(C(=O)Cc2ccc(F)cn2)c2ccc(C(F)(F)F)cc21. The van der Waals surface area contributed by atoms with Crippen molar-refractivity contribution in [2.45, 2.75) is 12.6 Å². The Morgan fingerprint density at radius 2 is 1.92 bits per heavy atom. The fourth-order valence-electron chi connectivity index (χ4n) is 2.75. The highest BCUT2D eigenvalue weighted by atomic mass is 19.4. The van der Waals surface area contributed by atoms with Gasteiger partial charge in [-0.25, -0.2) is 4.39 Å². The Morgan fingerprint density at radius 3 is 2.56 bits per heavy atom. The largest absolute Gasteiger partial charge is 0.416 e. The number of hydrogen-bond donors (Lipinski definition) is 0. The average molecular weight is 353 g/mol. The molecule has 0 bridgehead atoms. The van der Waals surface area contributed by atoms with Gasteiger partial charge in [-0.1, -0.05) is 0 Å². The zero-order valence-electron chi connectivity index (χ0n) is 13.3. The van der Waals surface area contributed by atoms with Crippen molar-refractivity contribution in [3.8, 4) is 0 Å². The highest BCUT2D eigenvalue weighted by Crippen LogP contribution is 2.38. The van der Waals surface area contributed by atoms with Crippen LogP contribution in [-0.4, -0.2) is 31.0 Å². The van der Waals surface area contributed by atoms with Crippen LogP contribution in [0.1, 0.15) is 11.3 Å². The van der Waals surface area contributed by atoms with Crippen molar-refractivity contribution >= 4 is 17.3 Å². The van der Waals surface area contributed by atoms with E-state index in [2.05, 4.69) is 4.98 Å². The molecule has 4 nitrogen and oxygen atoms in total. The lowest BCUT2D eigenvalue weighted by atomic mass is 10.1. The molecule has 0 N–H and O–H groups in total. The molecule has 3 rings (SSSR count). The molecule has 1 amide bonds. The first-order chi connectivity index (χ1) is 11.8. The van der Waals surface area contributed by atoms with Gasteiger partial charge in [0, 0.05) is 25.8 Å². The van der Waals surface area contributed by atoms with Crippen LogP contribution in [0.4, 0.5) is 28.9 Å². The highest BCUT2D eigenvalue weighted by Gasteiger charge is 2.33. The molecule has 1 aliphatic rings. The second kappa shape index (κ2) is 6.34. The minimum absolute atomic E-state index is 0.0511. The standard InChI is InChI=1S/C17H15F4N3O/c1-23-6-7-24(16(25)9-13-4-3-12(18)10-22-13)14-5-2-11(8-15(14)23)17(19,20)21/h2-5,8,10H,6-7,9H2,1H3. The Bertz CT molecular complexity index is 789. The Labute approximate surface area is 141 Å². The molecule has 0 saturated carbocycles. The van der Waals surface area contributed by atoms with Crippen molar-refractivity contribution in [1.82, 2.24) is 4.98 Å². The summed E-state index contributed by atoms with van der Waals surface area (Å²) in [4.78, 5) is 19.5. The third-order valence-corrected chi connectivity index (χ3v) is 4.09. The van der Waals surface area contributed by atoms with E-state index in [9.17, 15) is 22.4 Å². The van der Waals surface area contributed by atoms with Crippen LogP contribution in [0.5, 0.6) is 0 Å². The number of alkyl halides is 3. The summed E-state index contributed by atoms with van der Waals surface area (Å²) in [5, 5.41) is 0. The van der Waals surface area contributed by atoms with Crippen molar-refractivity contribution < 1.29 is 22.4 Å². The lowest BCUT2D eigenvalue weighted by Gasteiger charge is -2.36. The van der Waals surface area contributed by atoms with Gasteiger partial charge < -0.3 is 9.80 Å². The molecule has 8 heteroatoms. The van der Waals surface area contributed by atoms with E-state index in [1.807, 2.05) is 0 Å². The maximum atomic E-state index is 12.9. The monoisotopic (exact) mass is 353 g/mol. The van der Waals surface area contributed by atoms with Crippen molar-refractivity contribution in [2.75, 3.05) is 29.9 Å². The van der Waals surface area contributed by atoms with Gasteiger partial charge in [-0.2, -0.15) is 13.2 Å². The van der Waals surface area contributed by atoms with Crippen molar-refractivity contribution in [1.29, 1.82) is 0 Å². The summed E-state index contributed by atoms with van der Waals surface area (Å²) in [7, 11) is 1.68. The zero-order valence-corrected chi connectivity index (χ0v) is 13.3. The molecule has 1 aliphatic heterocycles. The van der Waals surface area contributed by atoms with Gasteiger partial charge in [0.2, 0.25) is 5.91 Å². The molecule has 0 atom stereocenters. The second-order valence-electron chi connectivity index (χ2n) is 5.81. The number of likely N-dealkylation sites (N-methyl/N-ethyl adjacent to an activating group) is 1. The van der Waals surface area contributed by atoms with Gasteiger partial charge in [0.15, 0.2) is 0 Å². The first-order valence-corrected chi connectivity index (χ1v) is 7.59. The number of aromatic nitrogens is 1. The fraction of sp³-hybridized carbons (Fsp3) is 0.294. The van der Waals surface area contributed by atoms with Crippen LogP contribution in [0.15, 0.2) is 36.5 Å². The van der Waals surface area contributed by atoms with E-state index >= 15 is 0 Å².